The predicted octanol–water partition coefficient (Wildman–Crippen LogP) is 3.34. The number of carbonyl (C=O) groups excluding carboxylic acids is 3. The summed E-state index contributed by atoms with van der Waals surface area (Å²) in [6, 6.07) is 12.6. The maximum Gasteiger partial charge on any atom is 0.325 e. The summed E-state index contributed by atoms with van der Waals surface area (Å²) in [5, 5.41) is 2.64. The first kappa shape index (κ1) is 21.5. The highest BCUT2D eigenvalue weighted by molar-refractivity contribution is 6.09. The van der Waals surface area contributed by atoms with Crippen molar-refractivity contribution in [3.8, 4) is 0 Å². The standard InChI is InChI=1S/C23H26FN3O3/c1-4-13-26(14-17-7-5-16(2)6-8-17)20(28)15-27-21(29)23(3,25-22(27)30)18-9-11-19(24)12-10-18/h5-12H,4,13-15H2,1-3H3,(H,25,30). The van der Waals surface area contributed by atoms with Crippen molar-refractivity contribution >= 4 is 17.8 Å². The average Bonchev–Trinajstić information content (AvgIpc) is 2.93. The van der Waals surface area contributed by atoms with Gasteiger partial charge in [0.25, 0.3) is 5.91 Å². The van der Waals surface area contributed by atoms with Crippen molar-refractivity contribution in [3.63, 3.8) is 0 Å². The summed E-state index contributed by atoms with van der Waals surface area (Å²) in [7, 11) is 0. The van der Waals surface area contributed by atoms with Crippen molar-refractivity contribution in [1.29, 1.82) is 0 Å². The highest BCUT2D eigenvalue weighted by Gasteiger charge is 2.49. The average molecular weight is 411 g/mol. The molecule has 158 valence electrons. The predicted molar refractivity (Wildman–Crippen MR) is 111 cm³/mol. The van der Waals surface area contributed by atoms with Crippen LogP contribution in [0, 0.1) is 12.7 Å². The second-order valence-electron chi connectivity index (χ2n) is 7.75. The van der Waals surface area contributed by atoms with Crippen molar-refractivity contribution in [2.75, 3.05) is 13.1 Å². The maximum atomic E-state index is 13.3. The van der Waals surface area contributed by atoms with Gasteiger partial charge in [0.15, 0.2) is 0 Å². The molecule has 0 aromatic heterocycles. The minimum atomic E-state index is -1.34. The molecule has 3 rings (SSSR count). The van der Waals surface area contributed by atoms with Crippen molar-refractivity contribution in [2.24, 2.45) is 0 Å². The fourth-order valence-corrected chi connectivity index (χ4v) is 3.53. The van der Waals surface area contributed by atoms with Crippen LogP contribution in [0.5, 0.6) is 0 Å². The summed E-state index contributed by atoms with van der Waals surface area (Å²) in [6.45, 7) is 6.11. The number of nitrogens with zero attached hydrogens (tertiary/aromatic N) is 2. The van der Waals surface area contributed by atoms with Gasteiger partial charge >= 0.3 is 6.03 Å². The Balaban J connectivity index is 1.75. The summed E-state index contributed by atoms with van der Waals surface area (Å²) in [6.07, 6.45) is 0.755. The normalized spacial score (nSPS) is 18.5. The minimum absolute atomic E-state index is 0.302. The molecular formula is C23H26FN3O3. The molecule has 4 amide bonds. The molecule has 1 heterocycles. The summed E-state index contributed by atoms with van der Waals surface area (Å²) < 4.78 is 13.3. The third kappa shape index (κ3) is 4.35. The summed E-state index contributed by atoms with van der Waals surface area (Å²) in [4.78, 5) is 41.0. The molecule has 1 fully saturated rings. The van der Waals surface area contributed by atoms with E-state index in [0.29, 0.717) is 18.7 Å². The molecule has 1 aliphatic heterocycles. The third-order valence-electron chi connectivity index (χ3n) is 5.33. The Bertz CT molecular complexity index is 943. The molecule has 0 radical (unpaired) electrons. The SMILES string of the molecule is CCCN(Cc1ccc(C)cc1)C(=O)CN1C(=O)NC(C)(c2ccc(F)cc2)C1=O. The molecule has 0 aliphatic carbocycles. The monoisotopic (exact) mass is 411 g/mol. The Hall–Kier alpha value is -3.22. The maximum absolute atomic E-state index is 13.3. The Morgan fingerprint density at radius 2 is 1.73 bits per heavy atom. The number of halogens is 1. The quantitative estimate of drug-likeness (QED) is 0.711. The minimum Gasteiger partial charge on any atom is -0.337 e. The Morgan fingerprint density at radius 1 is 1.10 bits per heavy atom. The zero-order valence-corrected chi connectivity index (χ0v) is 17.4. The molecule has 1 unspecified atom stereocenters. The van der Waals surface area contributed by atoms with Gasteiger partial charge in [-0.15, -0.1) is 0 Å². The molecule has 2 aromatic carbocycles. The molecule has 1 aliphatic rings. The highest BCUT2D eigenvalue weighted by atomic mass is 19.1. The van der Waals surface area contributed by atoms with E-state index >= 15 is 0 Å². The van der Waals surface area contributed by atoms with E-state index in [9.17, 15) is 18.8 Å². The van der Waals surface area contributed by atoms with Crippen LogP contribution in [0.15, 0.2) is 48.5 Å². The number of nitrogens with one attached hydrogen (secondary N) is 1. The summed E-state index contributed by atoms with van der Waals surface area (Å²) in [5.41, 5.74) is 1.24. The third-order valence-corrected chi connectivity index (χ3v) is 5.33. The fourth-order valence-electron chi connectivity index (χ4n) is 3.53. The first-order chi connectivity index (χ1) is 14.2. The van der Waals surface area contributed by atoms with E-state index in [1.165, 1.54) is 24.3 Å². The van der Waals surface area contributed by atoms with Crippen LogP contribution in [-0.2, 0) is 21.7 Å². The number of rotatable bonds is 7. The lowest BCUT2D eigenvalue weighted by atomic mass is 9.92. The van der Waals surface area contributed by atoms with Crippen molar-refractivity contribution in [2.45, 2.75) is 39.3 Å². The molecule has 0 saturated carbocycles. The lowest BCUT2D eigenvalue weighted by Gasteiger charge is -2.25. The topological polar surface area (TPSA) is 69.7 Å². The van der Waals surface area contributed by atoms with E-state index in [-0.39, 0.29) is 12.5 Å². The Labute approximate surface area is 175 Å². The number of imide groups is 1. The number of hydrogen-bond donors (Lipinski definition) is 1. The van der Waals surface area contributed by atoms with Crippen molar-refractivity contribution < 1.29 is 18.8 Å². The molecule has 1 N–H and O–H groups in total. The van der Waals surface area contributed by atoms with Gasteiger partial charge in [0.05, 0.1) is 0 Å². The van der Waals surface area contributed by atoms with Gasteiger partial charge < -0.3 is 10.2 Å². The smallest absolute Gasteiger partial charge is 0.325 e. The van der Waals surface area contributed by atoms with Gasteiger partial charge in [0, 0.05) is 13.1 Å². The van der Waals surface area contributed by atoms with Crippen LogP contribution in [-0.4, -0.2) is 40.7 Å². The van der Waals surface area contributed by atoms with E-state index in [2.05, 4.69) is 5.32 Å². The molecule has 2 aromatic rings. The Kier molecular flexibility index (Phi) is 6.20. The van der Waals surface area contributed by atoms with E-state index in [1.54, 1.807) is 11.8 Å². The van der Waals surface area contributed by atoms with Crippen LogP contribution in [0.4, 0.5) is 9.18 Å². The van der Waals surface area contributed by atoms with Crippen LogP contribution >= 0.6 is 0 Å². The molecule has 30 heavy (non-hydrogen) atoms. The first-order valence-corrected chi connectivity index (χ1v) is 9.98. The lowest BCUT2D eigenvalue weighted by molar-refractivity contribution is -0.139. The molecular weight excluding hydrogens is 385 g/mol. The van der Waals surface area contributed by atoms with E-state index in [1.807, 2.05) is 38.1 Å². The van der Waals surface area contributed by atoms with Crippen molar-refractivity contribution in [3.05, 3.63) is 71.0 Å². The second kappa shape index (κ2) is 8.65. The lowest BCUT2D eigenvalue weighted by Crippen LogP contribution is -2.44. The number of aryl methyl sites for hydroxylation is 1. The van der Waals surface area contributed by atoms with Gasteiger partial charge in [-0.25, -0.2) is 9.18 Å². The van der Waals surface area contributed by atoms with Crippen LogP contribution in [0.1, 0.15) is 37.0 Å². The molecule has 1 atom stereocenters. The van der Waals surface area contributed by atoms with Gasteiger partial charge in [-0.2, -0.15) is 0 Å². The summed E-state index contributed by atoms with van der Waals surface area (Å²) in [5.74, 6) is -1.26. The Morgan fingerprint density at radius 3 is 2.33 bits per heavy atom. The summed E-state index contributed by atoms with van der Waals surface area (Å²) >= 11 is 0. The zero-order valence-electron chi connectivity index (χ0n) is 17.4. The van der Waals surface area contributed by atoms with Crippen molar-refractivity contribution in [1.82, 2.24) is 15.1 Å². The zero-order chi connectivity index (χ0) is 21.9. The van der Waals surface area contributed by atoms with E-state index < -0.39 is 23.3 Å². The van der Waals surface area contributed by atoms with Gasteiger partial charge in [-0.1, -0.05) is 48.9 Å². The molecule has 1 saturated heterocycles. The molecule has 6 nitrogen and oxygen atoms in total. The largest absolute Gasteiger partial charge is 0.337 e. The number of urea groups is 1. The fraction of sp³-hybridized carbons (Fsp3) is 0.348. The first-order valence-electron chi connectivity index (χ1n) is 9.98. The highest BCUT2D eigenvalue weighted by Crippen LogP contribution is 2.29. The molecule has 0 spiro atoms. The van der Waals surface area contributed by atoms with Crippen LogP contribution in [0.3, 0.4) is 0 Å². The van der Waals surface area contributed by atoms with Crippen LogP contribution < -0.4 is 5.32 Å². The van der Waals surface area contributed by atoms with E-state index in [4.69, 9.17) is 0 Å². The van der Waals surface area contributed by atoms with Gasteiger partial charge in [-0.05, 0) is 43.5 Å². The number of amides is 4. The molecule has 7 heteroatoms. The van der Waals surface area contributed by atoms with Gasteiger partial charge in [0.2, 0.25) is 5.91 Å². The van der Waals surface area contributed by atoms with E-state index in [0.717, 1.165) is 22.4 Å². The second-order valence-corrected chi connectivity index (χ2v) is 7.75. The molecule has 0 bridgehead atoms. The number of hydrogen-bond acceptors (Lipinski definition) is 3. The van der Waals surface area contributed by atoms with Gasteiger partial charge in [0.1, 0.15) is 17.9 Å². The van der Waals surface area contributed by atoms with Crippen LogP contribution in [0.2, 0.25) is 0 Å². The number of carbonyl (C=O) groups is 3. The van der Waals surface area contributed by atoms with Crippen LogP contribution in [0.25, 0.3) is 0 Å². The van der Waals surface area contributed by atoms with Gasteiger partial charge in [-0.3, -0.25) is 14.5 Å². The number of benzene rings is 2.